The summed E-state index contributed by atoms with van der Waals surface area (Å²) in [5, 5.41) is 8.16. The minimum absolute atomic E-state index is 0.0207. The van der Waals surface area contributed by atoms with Crippen LogP contribution in [0, 0.1) is 5.82 Å². The van der Waals surface area contributed by atoms with Gasteiger partial charge in [-0.25, -0.2) is 9.49 Å². The number of carbonyl (C=O) groups is 2. The molecular weight excluding hydrogens is 447 g/mol. The summed E-state index contributed by atoms with van der Waals surface area (Å²) in [5.74, 6) is -0.923. The Kier molecular flexibility index (Phi) is 6.74. The van der Waals surface area contributed by atoms with Crippen LogP contribution in [0.5, 0.6) is 0 Å². The molecule has 0 radical (unpaired) electrons. The molecule has 1 aromatic heterocycles. The summed E-state index contributed by atoms with van der Waals surface area (Å²) in [4.78, 5) is 40.5. The number of aromatic amines is 1. The van der Waals surface area contributed by atoms with E-state index in [0.29, 0.717) is 59.7 Å². The van der Waals surface area contributed by atoms with Gasteiger partial charge >= 0.3 is 0 Å². The first-order valence-corrected chi connectivity index (χ1v) is 11.3. The van der Waals surface area contributed by atoms with E-state index in [1.807, 2.05) is 6.92 Å². The molecule has 0 spiro atoms. The Morgan fingerprint density at radius 1 is 1.06 bits per heavy atom. The van der Waals surface area contributed by atoms with Crippen molar-refractivity contribution in [3.8, 4) is 0 Å². The average Bonchev–Trinajstić information content (AvgIpc) is 2.82. The van der Waals surface area contributed by atoms with Crippen LogP contribution < -0.4 is 5.56 Å². The van der Waals surface area contributed by atoms with Crippen LogP contribution in [-0.4, -0.2) is 58.0 Å². The van der Waals surface area contributed by atoms with Crippen molar-refractivity contribution in [1.29, 1.82) is 0 Å². The maximum atomic E-state index is 14.6. The predicted octanol–water partition coefficient (Wildman–Crippen LogP) is 3.39. The second kappa shape index (κ2) is 9.70. The third-order valence-electron chi connectivity index (χ3n) is 5.85. The Bertz CT molecular complexity index is 1270. The van der Waals surface area contributed by atoms with Gasteiger partial charge in [-0.3, -0.25) is 14.4 Å². The summed E-state index contributed by atoms with van der Waals surface area (Å²) in [6.45, 7) is 3.57. The fourth-order valence-electron chi connectivity index (χ4n) is 4.07. The third-order valence-corrected chi connectivity index (χ3v) is 6.08. The molecule has 0 saturated carbocycles. The molecule has 1 aliphatic rings. The molecule has 3 aromatic rings. The van der Waals surface area contributed by atoms with Crippen LogP contribution in [0.25, 0.3) is 10.8 Å². The van der Waals surface area contributed by atoms with Crippen LogP contribution in [0.4, 0.5) is 4.39 Å². The first-order chi connectivity index (χ1) is 15.9. The number of benzene rings is 2. The molecule has 172 valence electrons. The van der Waals surface area contributed by atoms with E-state index in [2.05, 4.69) is 10.2 Å². The first-order valence-electron chi connectivity index (χ1n) is 10.9. The molecule has 0 bridgehead atoms. The quantitative estimate of drug-likeness (QED) is 0.619. The summed E-state index contributed by atoms with van der Waals surface area (Å²) in [6, 6.07) is 9.32. The Morgan fingerprint density at radius 2 is 1.79 bits per heavy atom. The van der Waals surface area contributed by atoms with E-state index in [1.54, 1.807) is 34.1 Å². The van der Waals surface area contributed by atoms with Crippen molar-refractivity contribution in [1.82, 2.24) is 20.0 Å². The lowest BCUT2D eigenvalue weighted by Gasteiger charge is -2.35. The number of carbonyl (C=O) groups excluding carboxylic acids is 2. The highest BCUT2D eigenvalue weighted by Crippen LogP contribution is 2.22. The van der Waals surface area contributed by atoms with Crippen molar-refractivity contribution in [2.45, 2.75) is 26.2 Å². The second-order valence-electron chi connectivity index (χ2n) is 8.10. The molecule has 0 aliphatic carbocycles. The number of rotatable bonds is 5. The Labute approximate surface area is 195 Å². The molecule has 2 amide bonds. The summed E-state index contributed by atoms with van der Waals surface area (Å²) >= 11 is 6.10. The molecule has 2 heterocycles. The summed E-state index contributed by atoms with van der Waals surface area (Å²) in [6.07, 6.45) is 1.55. The van der Waals surface area contributed by atoms with Crippen LogP contribution >= 0.6 is 11.6 Å². The van der Waals surface area contributed by atoms with Gasteiger partial charge in [0, 0.05) is 49.4 Å². The Hall–Kier alpha value is -3.26. The number of nitrogens with one attached hydrogen (secondary N) is 1. The second-order valence-corrected chi connectivity index (χ2v) is 8.54. The van der Waals surface area contributed by atoms with Gasteiger partial charge in [0.15, 0.2) is 0 Å². The largest absolute Gasteiger partial charge is 0.339 e. The monoisotopic (exact) mass is 470 g/mol. The van der Waals surface area contributed by atoms with Crippen LogP contribution in [0.2, 0.25) is 5.02 Å². The zero-order valence-corrected chi connectivity index (χ0v) is 19.0. The van der Waals surface area contributed by atoms with Crippen molar-refractivity contribution in [2.24, 2.45) is 0 Å². The van der Waals surface area contributed by atoms with Gasteiger partial charge in [0.1, 0.15) is 5.82 Å². The lowest BCUT2D eigenvalue weighted by Crippen LogP contribution is -2.50. The van der Waals surface area contributed by atoms with Crippen molar-refractivity contribution in [3.63, 3.8) is 0 Å². The zero-order chi connectivity index (χ0) is 23.5. The summed E-state index contributed by atoms with van der Waals surface area (Å²) < 4.78 is 14.6. The number of aromatic nitrogens is 2. The fraction of sp³-hybridized carbons (Fsp3) is 0.333. The van der Waals surface area contributed by atoms with Crippen molar-refractivity contribution < 1.29 is 14.0 Å². The molecule has 0 unspecified atom stereocenters. The van der Waals surface area contributed by atoms with E-state index in [4.69, 9.17) is 11.6 Å². The van der Waals surface area contributed by atoms with Gasteiger partial charge in [-0.2, -0.15) is 5.10 Å². The normalized spacial score (nSPS) is 14.0. The Balaban J connectivity index is 1.55. The maximum Gasteiger partial charge on any atom is 0.272 e. The van der Waals surface area contributed by atoms with Crippen molar-refractivity contribution in [3.05, 3.63) is 74.4 Å². The molecule has 1 aliphatic heterocycles. The average molecular weight is 471 g/mol. The maximum absolute atomic E-state index is 14.6. The van der Waals surface area contributed by atoms with Gasteiger partial charge in [-0.05, 0) is 42.3 Å². The first kappa shape index (κ1) is 22.9. The molecule has 0 atom stereocenters. The number of hydrogen-bond acceptors (Lipinski definition) is 4. The van der Waals surface area contributed by atoms with Crippen LogP contribution in [0.3, 0.4) is 0 Å². The van der Waals surface area contributed by atoms with E-state index in [0.717, 1.165) is 6.42 Å². The molecule has 1 saturated heterocycles. The lowest BCUT2D eigenvalue weighted by atomic mass is 10.0. The summed E-state index contributed by atoms with van der Waals surface area (Å²) in [7, 11) is 0. The highest BCUT2D eigenvalue weighted by molar-refractivity contribution is 6.31. The number of piperazine rings is 1. The van der Waals surface area contributed by atoms with Gasteiger partial charge in [0.05, 0.1) is 16.6 Å². The summed E-state index contributed by atoms with van der Waals surface area (Å²) in [5.41, 5.74) is 0.905. The topological polar surface area (TPSA) is 86.4 Å². The van der Waals surface area contributed by atoms with Crippen LogP contribution in [-0.2, 0) is 11.2 Å². The number of hydrogen-bond donors (Lipinski definition) is 1. The molecule has 1 fully saturated rings. The highest BCUT2D eigenvalue weighted by atomic mass is 35.5. The van der Waals surface area contributed by atoms with Crippen LogP contribution in [0.1, 0.15) is 41.4 Å². The van der Waals surface area contributed by atoms with Gasteiger partial charge in [0.2, 0.25) is 5.91 Å². The molecule has 4 rings (SSSR count). The zero-order valence-electron chi connectivity index (χ0n) is 18.2. The van der Waals surface area contributed by atoms with E-state index in [-0.39, 0.29) is 23.5 Å². The molecule has 33 heavy (non-hydrogen) atoms. The number of fused-ring (bicyclic) bond motifs is 1. The molecule has 2 aromatic carbocycles. The van der Waals surface area contributed by atoms with E-state index in [9.17, 15) is 18.8 Å². The predicted molar refractivity (Wildman–Crippen MR) is 124 cm³/mol. The third kappa shape index (κ3) is 4.90. The number of amides is 2. The molecule has 1 N–H and O–H groups in total. The Morgan fingerprint density at radius 3 is 2.52 bits per heavy atom. The molecular formula is C24H24ClFN4O3. The minimum atomic E-state index is -0.601. The smallest absolute Gasteiger partial charge is 0.272 e. The number of nitrogens with zero attached hydrogens (tertiary/aromatic N) is 3. The SMILES string of the molecule is CCCC(=O)N1CCN(C(=O)c2cc(Cc3n[nH]c(=O)c4ccc(Cl)cc34)ccc2F)CC1. The minimum Gasteiger partial charge on any atom is -0.339 e. The van der Waals surface area contributed by atoms with Gasteiger partial charge < -0.3 is 9.80 Å². The van der Waals surface area contributed by atoms with Gasteiger partial charge in [0.25, 0.3) is 11.5 Å². The van der Waals surface area contributed by atoms with E-state index in [1.165, 1.54) is 12.1 Å². The number of halogens is 2. The van der Waals surface area contributed by atoms with Crippen LogP contribution in [0.15, 0.2) is 41.2 Å². The standard InChI is InChI=1S/C24H24ClFN4O3/c1-2-3-22(31)29-8-10-30(11-9-29)24(33)19-12-15(4-7-20(19)26)13-21-18-14-16(25)5-6-17(18)23(32)28-27-21/h4-7,12,14H,2-3,8-11,13H2,1H3,(H,28,32). The molecule has 7 nitrogen and oxygen atoms in total. The van der Waals surface area contributed by atoms with E-state index < -0.39 is 11.7 Å². The number of H-pyrrole nitrogens is 1. The highest BCUT2D eigenvalue weighted by Gasteiger charge is 2.26. The van der Waals surface area contributed by atoms with E-state index >= 15 is 0 Å². The molecule has 9 heteroatoms. The lowest BCUT2D eigenvalue weighted by molar-refractivity contribution is -0.132. The van der Waals surface area contributed by atoms with Crippen molar-refractivity contribution in [2.75, 3.05) is 26.2 Å². The van der Waals surface area contributed by atoms with Gasteiger partial charge in [-0.1, -0.05) is 24.6 Å². The fourth-order valence-corrected chi connectivity index (χ4v) is 4.24. The van der Waals surface area contributed by atoms with Gasteiger partial charge in [-0.15, -0.1) is 0 Å². The van der Waals surface area contributed by atoms with Crippen molar-refractivity contribution >= 4 is 34.2 Å².